The number of rotatable bonds is 4. The quantitative estimate of drug-likeness (QED) is 0.555. The van der Waals surface area contributed by atoms with Gasteiger partial charge in [-0.05, 0) is 24.3 Å². The lowest BCUT2D eigenvalue weighted by Crippen LogP contribution is -1.90. The molecule has 1 rings (SSSR count). The molecule has 2 N–H and O–H groups in total. The van der Waals surface area contributed by atoms with Crippen LogP contribution in [0.15, 0.2) is 34.6 Å². The molecule has 0 spiro atoms. The largest absolute Gasteiger partial charge is 0.394 e. The summed E-state index contributed by atoms with van der Waals surface area (Å²) in [5.74, 6) is 0. The smallest absolute Gasteiger partial charge is 0.0991 e. The van der Waals surface area contributed by atoms with Crippen LogP contribution in [0.25, 0.3) is 0 Å². The highest BCUT2D eigenvalue weighted by molar-refractivity contribution is 5.46. The van der Waals surface area contributed by atoms with Gasteiger partial charge in [-0.15, -0.1) is 0 Å². The molecule has 0 amide bonds. The highest BCUT2D eigenvalue weighted by Gasteiger charge is 1.90. The second-order valence-electron chi connectivity index (χ2n) is 2.49. The van der Waals surface area contributed by atoms with E-state index in [1.54, 1.807) is 24.3 Å². The first-order chi connectivity index (χ1) is 6.86. The maximum absolute atomic E-state index is 8.53. The van der Waals surface area contributed by atoms with Gasteiger partial charge in [-0.3, -0.25) is 5.43 Å². The minimum atomic E-state index is -0.0153. The van der Waals surface area contributed by atoms with E-state index < -0.39 is 0 Å². The van der Waals surface area contributed by atoms with Crippen molar-refractivity contribution >= 4 is 5.69 Å². The van der Waals surface area contributed by atoms with Gasteiger partial charge in [0.25, 0.3) is 0 Å². The average Bonchev–Trinajstić information content (AvgIpc) is 2.25. The van der Waals surface area contributed by atoms with Crippen molar-refractivity contribution < 1.29 is 5.11 Å². The van der Waals surface area contributed by atoms with Gasteiger partial charge in [0.1, 0.15) is 0 Å². The van der Waals surface area contributed by atoms with Gasteiger partial charge in [-0.2, -0.15) is 10.4 Å². The van der Waals surface area contributed by atoms with Gasteiger partial charge in [-0.1, -0.05) is 5.22 Å². The summed E-state index contributed by atoms with van der Waals surface area (Å²) in [4.78, 5) is 0. The molecule has 5 nitrogen and oxygen atoms in total. The fourth-order valence-corrected chi connectivity index (χ4v) is 0.807. The topological polar surface area (TPSA) is 80.8 Å². The van der Waals surface area contributed by atoms with E-state index in [1.807, 2.05) is 6.07 Å². The summed E-state index contributed by atoms with van der Waals surface area (Å²) in [6, 6.07) is 8.85. The summed E-state index contributed by atoms with van der Waals surface area (Å²) < 4.78 is 0. The molecule has 0 aliphatic heterocycles. The summed E-state index contributed by atoms with van der Waals surface area (Å²) in [5.41, 5.74) is 4.02. The predicted molar refractivity (Wildman–Crippen MR) is 51.6 cm³/mol. The molecule has 0 aliphatic carbocycles. The molecule has 0 aliphatic rings. The Labute approximate surface area is 81.7 Å². The van der Waals surface area contributed by atoms with Crippen molar-refractivity contribution in [3.05, 3.63) is 29.8 Å². The second kappa shape index (κ2) is 5.67. The van der Waals surface area contributed by atoms with E-state index in [1.165, 1.54) is 0 Å². The number of anilines is 1. The van der Waals surface area contributed by atoms with E-state index in [0.29, 0.717) is 5.56 Å². The van der Waals surface area contributed by atoms with Crippen LogP contribution < -0.4 is 5.43 Å². The van der Waals surface area contributed by atoms with Crippen LogP contribution in [-0.4, -0.2) is 18.3 Å². The Bertz CT molecular complexity index is 339. The molecule has 0 radical (unpaired) electrons. The normalized spacial score (nSPS) is 10.0. The zero-order valence-corrected chi connectivity index (χ0v) is 7.51. The summed E-state index contributed by atoms with van der Waals surface area (Å²) in [6.45, 7) is 0.266. The molecule has 0 heterocycles. The number of hydrogen-bond donors (Lipinski definition) is 2. The highest BCUT2D eigenvalue weighted by Crippen LogP contribution is 2.08. The van der Waals surface area contributed by atoms with Crippen LogP contribution in [0.3, 0.4) is 0 Å². The number of benzene rings is 1. The van der Waals surface area contributed by atoms with Crippen molar-refractivity contribution in [2.24, 2.45) is 10.3 Å². The Morgan fingerprint density at radius 1 is 1.36 bits per heavy atom. The molecule has 0 saturated heterocycles. The summed E-state index contributed by atoms with van der Waals surface area (Å²) in [5, 5.41) is 24.2. The van der Waals surface area contributed by atoms with Gasteiger partial charge in [0.15, 0.2) is 0 Å². The molecule has 0 fully saturated rings. The Hall–Kier alpha value is -1.93. The number of nitrogens with one attached hydrogen (secondary N) is 1. The van der Waals surface area contributed by atoms with Crippen LogP contribution in [-0.2, 0) is 0 Å². The average molecular weight is 190 g/mol. The first kappa shape index (κ1) is 10.2. The van der Waals surface area contributed by atoms with Crippen LogP contribution in [0.4, 0.5) is 5.69 Å². The van der Waals surface area contributed by atoms with E-state index in [0.717, 1.165) is 5.69 Å². The Morgan fingerprint density at radius 2 is 2.07 bits per heavy atom. The van der Waals surface area contributed by atoms with E-state index in [9.17, 15) is 0 Å². The molecule has 14 heavy (non-hydrogen) atoms. The van der Waals surface area contributed by atoms with Crippen molar-refractivity contribution in [1.82, 2.24) is 0 Å². The summed E-state index contributed by atoms with van der Waals surface area (Å²) in [6.07, 6.45) is 0. The monoisotopic (exact) mass is 190 g/mol. The number of nitrogens with zero attached hydrogens (tertiary/aromatic N) is 3. The van der Waals surface area contributed by atoms with Crippen LogP contribution in [0.1, 0.15) is 5.56 Å². The zero-order valence-electron chi connectivity index (χ0n) is 7.51. The summed E-state index contributed by atoms with van der Waals surface area (Å²) in [7, 11) is 0. The van der Waals surface area contributed by atoms with E-state index in [4.69, 9.17) is 10.4 Å². The molecule has 0 unspecified atom stereocenters. The number of aliphatic hydroxyl groups excluding tert-OH is 1. The first-order valence-corrected chi connectivity index (χ1v) is 4.10. The summed E-state index contributed by atoms with van der Waals surface area (Å²) >= 11 is 0. The van der Waals surface area contributed by atoms with Gasteiger partial charge in [0, 0.05) is 0 Å². The maximum Gasteiger partial charge on any atom is 0.0991 e. The lowest BCUT2D eigenvalue weighted by atomic mass is 10.2. The molecule has 0 atom stereocenters. The van der Waals surface area contributed by atoms with Gasteiger partial charge in [-0.25, -0.2) is 0 Å². The Morgan fingerprint density at radius 3 is 2.64 bits per heavy atom. The van der Waals surface area contributed by atoms with E-state index in [-0.39, 0.29) is 13.2 Å². The predicted octanol–water partition coefficient (Wildman–Crippen LogP) is 1.33. The van der Waals surface area contributed by atoms with E-state index >= 15 is 0 Å². The van der Waals surface area contributed by atoms with Crippen molar-refractivity contribution in [3.8, 4) is 6.07 Å². The third-order valence-electron chi connectivity index (χ3n) is 1.46. The zero-order chi connectivity index (χ0) is 10.2. The van der Waals surface area contributed by atoms with Gasteiger partial charge in [0.05, 0.1) is 30.5 Å². The van der Waals surface area contributed by atoms with Gasteiger partial charge >= 0.3 is 0 Å². The van der Waals surface area contributed by atoms with Crippen molar-refractivity contribution in [2.45, 2.75) is 0 Å². The fraction of sp³-hybridized carbons (Fsp3) is 0.222. The van der Waals surface area contributed by atoms with Crippen molar-refractivity contribution in [3.63, 3.8) is 0 Å². The molecular weight excluding hydrogens is 180 g/mol. The Balaban J connectivity index is 2.48. The second-order valence-corrected chi connectivity index (χ2v) is 2.49. The highest BCUT2D eigenvalue weighted by atomic mass is 16.3. The number of nitriles is 1. The number of aliphatic hydroxyl groups is 1. The Kier molecular flexibility index (Phi) is 4.11. The first-order valence-electron chi connectivity index (χ1n) is 4.10. The van der Waals surface area contributed by atoms with Crippen molar-refractivity contribution in [2.75, 3.05) is 18.6 Å². The number of hydrogen-bond acceptors (Lipinski definition) is 4. The lowest BCUT2D eigenvalue weighted by Gasteiger charge is -1.97. The van der Waals surface area contributed by atoms with E-state index in [2.05, 4.69) is 15.8 Å². The molecule has 1 aromatic rings. The SMILES string of the molecule is N#Cc1ccc(NN=NCCO)cc1. The maximum atomic E-state index is 8.53. The standard InChI is InChI=1S/C9H10N4O/c10-7-8-1-3-9(4-2-8)12-13-11-5-6-14/h1-4,14H,5-6H2,(H,11,12). The third-order valence-corrected chi connectivity index (χ3v) is 1.46. The molecule has 0 saturated carbocycles. The van der Waals surface area contributed by atoms with Crippen LogP contribution in [0.2, 0.25) is 0 Å². The van der Waals surface area contributed by atoms with Crippen molar-refractivity contribution in [1.29, 1.82) is 5.26 Å². The molecule has 72 valence electrons. The molecule has 0 bridgehead atoms. The third kappa shape index (κ3) is 3.21. The fourth-order valence-electron chi connectivity index (χ4n) is 0.807. The van der Waals surface area contributed by atoms with Gasteiger partial charge in [0.2, 0.25) is 0 Å². The molecule has 0 aromatic heterocycles. The molecule has 5 heteroatoms. The van der Waals surface area contributed by atoms with Gasteiger partial charge < -0.3 is 5.11 Å². The molecular formula is C9H10N4O. The minimum Gasteiger partial charge on any atom is -0.394 e. The van der Waals surface area contributed by atoms with Crippen LogP contribution >= 0.6 is 0 Å². The minimum absolute atomic E-state index is 0.0153. The van der Waals surface area contributed by atoms with Crippen LogP contribution in [0, 0.1) is 11.3 Å². The lowest BCUT2D eigenvalue weighted by molar-refractivity contribution is 0.304. The molecule has 1 aromatic carbocycles. The van der Waals surface area contributed by atoms with Crippen LogP contribution in [0.5, 0.6) is 0 Å².